The lowest BCUT2D eigenvalue weighted by atomic mass is 10.2. The van der Waals surface area contributed by atoms with E-state index in [2.05, 4.69) is 20.3 Å². The fourth-order valence-electron chi connectivity index (χ4n) is 1.33. The third kappa shape index (κ3) is 3.01. The molecular formula is C12H11ClN4O. The van der Waals surface area contributed by atoms with Gasteiger partial charge in [-0.25, -0.2) is 4.98 Å². The van der Waals surface area contributed by atoms with Gasteiger partial charge < -0.3 is 5.32 Å². The van der Waals surface area contributed by atoms with Crippen molar-refractivity contribution in [2.45, 2.75) is 13.5 Å². The zero-order chi connectivity index (χ0) is 13.0. The maximum atomic E-state index is 11.8. The molecule has 18 heavy (non-hydrogen) atoms. The van der Waals surface area contributed by atoms with E-state index in [4.69, 9.17) is 11.6 Å². The van der Waals surface area contributed by atoms with Gasteiger partial charge in [0.15, 0.2) is 0 Å². The van der Waals surface area contributed by atoms with Crippen LogP contribution in [0.1, 0.15) is 21.7 Å². The van der Waals surface area contributed by atoms with Crippen molar-refractivity contribution >= 4 is 17.5 Å². The first kappa shape index (κ1) is 12.4. The Bertz CT molecular complexity index is 556. The summed E-state index contributed by atoms with van der Waals surface area (Å²) < 4.78 is 0. The maximum Gasteiger partial charge on any atom is 0.254 e. The molecule has 0 bridgehead atoms. The van der Waals surface area contributed by atoms with E-state index in [1.54, 1.807) is 24.5 Å². The highest BCUT2D eigenvalue weighted by Gasteiger charge is 2.10. The third-order valence-corrected chi connectivity index (χ3v) is 2.57. The second kappa shape index (κ2) is 5.55. The van der Waals surface area contributed by atoms with Crippen molar-refractivity contribution in [1.29, 1.82) is 0 Å². The average molecular weight is 263 g/mol. The second-order valence-electron chi connectivity index (χ2n) is 3.67. The number of carbonyl (C=O) groups excluding carboxylic acids is 1. The van der Waals surface area contributed by atoms with Crippen molar-refractivity contribution in [3.63, 3.8) is 0 Å². The summed E-state index contributed by atoms with van der Waals surface area (Å²) in [6.45, 7) is 2.15. The molecule has 1 amide bonds. The summed E-state index contributed by atoms with van der Waals surface area (Å²) in [4.78, 5) is 23.9. The van der Waals surface area contributed by atoms with E-state index in [9.17, 15) is 4.79 Å². The highest BCUT2D eigenvalue weighted by Crippen LogP contribution is 2.11. The molecule has 6 heteroatoms. The molecule has 0 unspecified atom stereocenters. The first-order valence-corrected chi connectivity index (χ1v) is 5.71. The largest absolute Gasteiger partial charge is 0.346 e. The summed E-state index contributed by atoms with van der Waals surface area (Å²) >= 11 is 5.82. The molecule has 2 aromatic heterocycles. The molecule has 0 saturated heterocycles. The molecule has 0 aliphatic rings. The molecular weight excluding hydrogens is 252 g/mol. The average Bonchev–Trinajstić information content (AvgIpc) is 2.38. The molecule has 0 atom stereocenters. The number of nitrogens with zero attached hydrogens (tertiary/aromatic N) is 3. The zero-order valence-corrected chi connectivity index (χ0v) is 10.5. The molecule has 1 N–H and O–H groups in total. The van der Waals surface area contributed by atoms with E-state index in [1.807, 2.05) is 6.92 Å². The SMILES string of the molecule is Cc1cnc(CNC(=O)c2cccnc2Cl)cn1. The molecule has 2 aromatic rings. The molecule has 0 fully saturated rings. The zero-order valence-electron chi connectivity index (χ0n) is 9.72. The lowest BCUT2D eigenvalue weighted by molar-refractivity contribution is 0.0950. The number of aryl methyl sites for hydroxylation is 1. The Balaban J connectivity index is 2.01. The van der Waals surface area contributed by atoms with Gasteiger partial charge in [0.05, 0.1) is 29.7 Å². The van der Waals surface area contributed by atoms with E-state index in [-0.39, 0.29) is 11.1 Å². The Kier molecular flexibility index (Phi) is 3.84. The molecule has 0 radical (unpaired) electrons. The smallest absolute Gasteiger partial charge is 0.254 e. The van der Waals surface area contributed by atoms with E-state index in [0.717, 1.165) is 5.69 Å². The van der Waals surface area contributed by atoms with Crippen LogP contribution >= 0.6 is 11.6 Å². The lowest BCUT2D eigenvalue weighted by Gasteiger charge is -2.05. The van der Waals surface area contributed by atoms with Crippen molar-refractivity contribution in [3.05, 3.63) is 52.8 Å². The predicted octanol–water partition coefficient (Wildman–Crippen LogP) is 1.76. The number of nitrogens with one attached hydrogen (secondary N) is 1. The number of hydrogen-bond acceptors (Lipinski definition) is 4. The minimum Gasteiger partial charge on any atom is -0.346 e. The number of aromatic nitrogens is 3. The van der Waals surface area contributed by atoms with Crippen LogP contribution in [-0.2, 0) is 6.54 Å². The lowest BCUT2D eigenvalue weighted by Crippen LogP contribution is -2.23. The van der Waals surface area contributed by atoms with Crippen LogP contribution in [0.25, 0.3) is 0 Å². The Hall–Kier alpha value is -2.01. The van der Waals surface area contributed by atoms with Crippen LogP contribution in [0.4, 0.5) is 0 Å². The number of rotatable bonds is 3. The first-order chi connectivity index (χ1) is 8.66. The topological polar surface area (TPSA) is 67.8 Å². The number of hydrogen-bond donors (Lipinski definition) is 1. The Morgan fingerprint density at radius 1 is 1.33 bits per heavy atom. The van der Waals surface area contributed by atoms with Crippen LogP contribution in [0.5, 0.6) is 0 Å². The van der Waals surface area contributed by atoms with Crippen molar-refractivity contribution in [3.8, 4) is 0 Å². The maximum absolute atomic E-state index is 11.8. The van der Waals surface area contributed by atoms with Gasteiger partial charge in [0.1, 0.15) is 5.15 Å². The van der Waals surface area contributed by atoms with Gasteiger partial charge in [0, 0.05) is 12.4 Å². The Morgan fingerprint density at radius 3 is 2.83 bits per heavy atom. The molecule has 0 spiro atoms. The van der Waals surface area contributed by atoms with Crippen molar-refractivity contribution in [2.75, 3.05) is 0 Å². The van der Waals surface area contributed by atoms with Gasteiger partial charge in [-0.1, -0.05) is 11.6 Å². The Labute approximate surface area is 109 Å². The summed E-state index contributed by atoms with van der Waals surface area (Å²) in [7, 11) is 0. The standard InChI is InChI=1S/C12H11ClN4O/c1-8-5-16-9(6-15-8)7-17-12(18)10-3-2-4-14-11(10)13/h2-6H,7H2,1H3,(H,17,18). The summed E-state index contributed by atoms with van der Waals surface area (Å²) in [5.41, 5.74) is 1.87. The minimum absolute atomic E-state index is 0.185. The van der Waals surface area contributed by atoms with Gasteiger partial charge in [0.25, 0.3) is 5.91 Å². The van der Waals surface area contributed by atoms with Crippen molar-refractivity contribution < 1.29 is 4.79 Å². The van der Waals surface area contributed by atoms with Gasteiger partial charge in [0.2, 0.25) is 0 Å². The number of amides is 1. The highest BCUT2D eigenvalue weighted by molar-refractivity contribution is 6.32. The summed E-state index contributed by atoms with van der Waals surface area (Å²) in [6.07, 6.45) is 4.81. The molecule has 0 aliphatic carbocycles. The first-order valence-electron chi connectivity index (χ1n) is 5.33. The predicted molar refractivity (Wildman–Crippen MR) is 67.2 cm³/mol. The van der Waals surface area contributed by atoms with E-state index in [0.29, 0.717) is 17.8 Å². The van der Waals surface area contributed by atoms with E-state index < -0.39 is 0 Å². The summed E-state index contributed by atoms with van der Waals surface area (Å²) in [5, 5.41) is 2.89. The fraction of sp³-hybridized carbons (Fsp3) is 0.167. The second-order valence-corrected chi connectivity index (χ2v) is 4.03. The number of pyridine rings is 1. The fourth-order valence-corrected chi connectivity index (χ4v) is 1.54. The van der Waals surface area contributed by atoms with Gasteiger partial charge in [-0.3, -0.25) is 14.8 Å². The molecule has 2 heterocycles. The molecule has 5 nitrogen and oxygen atoms in total. The van der Waals surface area contributed by atoms with Crippen LogP contribution in [0.3, 0.4) is 0 Å². The van der Waals surface area contributed by atoms with Crippen LogP contribution in [0, 0.1) is 6.92 Å². The molecule has 2 rings (SSSR count). The van der Waals surface area contributed by atoms with Crippen LogP contribution in [-0.4, -0.2) is 20.9 Å². The van der Waals surface area contributed by atoms with Crippen molar-refractivity contribution in [1.82, 2.24) is 20.3 Å². The molecule has 0 saturated carbocycles. The van der Waals surface area contributed by atoms with Crippen LogP contribution in [0.15, 0.2) is 30.7 Å². The van der Waals surface area contributed by atoms with Crippen LogP contribution in [0.2, 0.25) is 5.15 Å². The highest BCUT2D eigenvalue weighted by atomic mass is 35.5. The van der Waals surface area contributed by atoms with Crippen molar-refractivity contribution in [2.24, 2.45) is 0 Å². The quantitative estimate of drug-likeness (QED) is 0.856. The van der Waals surface area contributed by atoms with Gasteiger partial charge in [-0.05, 0) is 19.1 Å². The molecule has 0 aliphatic heterocycles. The number of carbonyl (C=O) groups is 1. The monoisotopic (exact) mass is 262 g/mol. The summed E-state index contributed by atoms with van der Waals surface area (Å²) in [5.74, 6) is -0.282. The third-order valence-electron chi connectivity index (χ3n) is 2.27. The van der Waals surface area contributed by atoms with Gasteiger partial charge in [-0.2, -0.15) is 0 Å². The molecule has 0 aromatic carbocycles. The molecule has 92 valence electrons. The van der Waals surface area contributed by atoms with Gasteiger partial charge in [-0.15, -0.1) is 0 Å². The van der Waals surface area contributed by atoms with E-state index in [1.165, 1.54) is 6.20 Å². The normalized spacial score (nSPS) is 10.1. The summed E-state index contributed by atoms with van der Waals surface area (Å²) in [6, 6.07) is 3.28. The minimum atomic E-state index is -0.282. The number of halogens is 1. The Morgan fingerprint density at radius 2 is 2.17 bits per heavy atom. The van der Waals surface area contributed by atoms with Crippen LogP contribution < -0.4 is 5.32 Å². The van der Waals surface area contributed by atoms with E-state index >= 15 is 0 Å². The van der Waals surface area contributed by atoms with Gasteiger partial charge >= 0.3 is 0 Å².